The van der Waals surface area contributed by atoms with Gasteiger partial charge in [0.15, 0.2) is 6.10 Å². The highest BCUT2D eigenvalue weighted by Gasteiger charge is 2.28. The van der Waals surface area contributed by atoms with E-state index in [9.17, 15) is 13.2 Å². The van der Waals surface area contributed by atoms with Crippen molar-refractivity contribution in [2.45, 2.75) is 19.1 Å². The molecule has 140 valence electrons. The van der Waals surface area contributed by atoms with E-state index in [4.69, 9.17) is 9.15 Å². The first kappa shape index (κ1) is 18.6. The van der Waals surface area contributed by atoms with Crippen LogP contribution in [0.4, 0.5) is 0 Å². The van der Waals surface area contributed by atoms with Gasteiger partial charge in [0.05, 0.1) is 19.3 Å². The Morgan fingerprint density at radius 2 is 2.12 bits per heavy atom. The van der Waals surface area contributed by atoms with Crippen molar-refractivity contribution < 1.29 is 22.4 Å². The number of carbonyl (C=O) groups is 1. The zero-order valence-corrected chi connectivity index (χ0v) is 15.5. The van der Waals surface area contributed by atoms with Crippen molar-refractivity contribution in [2.75, 3.05) is 26.5 Å². The Morgan fingerprint density at radius 1 is 1.38 bits per heavy atom. The van der Waals surface area contributed by atoms with Gasteiger partial charge in [-0.1, -0.05) is 30.3 Å². The number of hydrogen-bond acceptors (Lipinski definition) is 6. The Bertz CT molecular complexity index is 879. The van der Waals surface area contributed by atoms with E-state index in [1.165, 1.54) is 0 Å². The molecule has 0 spiro atoms. The number of carbonyl (C=O) groups excluding carboxylic acids is 1. The van der Waals surface area contributed by atoms with E-state index in [0.717, 1.165) is 17.6 Å². The molecule has 0 fully saturated rings. The minimum atomic E-state index is -3.41. The molecule has 0 radical (unpaired) electrons. The third-order valence-electron chi connectivity index (χ3n) is 4.14. The number of amides is 1. The predicted octanol–water partition coefficient (Wildman–Crippen LogP) is 0.844. The molecule has 9 heteroatoms. The summed E-state index contributed by atoms with van der Waals surface area (Å²) in [7, 11) is -1.82. The number of hydrogen-bond donors (Lipinski definition) is 1. The molecular formula is C17H21N3O5S. The molecule has 1 amide bonds. The van der Waals surface area contributed by atoms with Gasteiger partial charge in [0.2, 0.25) is 21.8 Å². The first-order chi connectivity index (χ1) is 12.4. The van der Waals surface area contributed by atoms with Crippen LogP contribution in [0.15, 0.2) is 34.7 Å². The molecule has 1 unspecified atom stereocenters. The molecule has 3 rings (SSSR count). The molecule has 8 nitrogen and oxygen atoms in total. The van der Waals surface area contributed by atoms with Crippen LogP contribution in [0.25, 0.3) is 0 Å². The fourth-order valence-electron chi connectivity index (χ4n) is 2.86. The van der Waals surface area contributed by atoms with Gasteiger partial charge >= 0.3 is 0 Å². The smallest absolute Gasteiger partial charge is 0.237 e. The van der Waals surface area contributed by atoms with Gasteiger partial charge in [-0.2, -0.15) is 0 Å². The fraction of sp³-hybridized carbons (Fsp3) is 0.412. The Kier molecular flexibility index (Phi) is 5.40. The topological polar surface area (TPSA) is 102 Å². The number of benzene rings is 1. The number of nitrogens with zero attached hydrogens (tertiary/aromatic N) is 2. The number of oxazole rings is 1. The Labute approximate surface area is 152 Å². The molecule has 0 saturated carbocycles. The van der Waals surface area contributed by atoms with Gasteiger partial charge in [0.1, 0.15) is 11.5 Å². The molecule has 1 N–H and O–H groups in total. The first-order valence-corrected chi connectivity index (χ1v) is 10.0. The highest BCUT2D eigenvalue weighted by molar-refractivity contribution is 7.88. The second kappa shape index (κ2) is 7.56. The number of methoxy groups -OCH3 is 1. The van der Waals surface area contributed by atoms with Gasteiger partial charge in [0.25, 0.3) is 0 Å². The number of sulfonamides is 1. The van der Waals surface area contributed by atoms with Crippen molar-refractivity contribution in [3.8, 4) is 0 Å². The van der Waals surface area contributed by atoms with Crippen LogP contribution in [0, 0.1) is 0 Å². The molecule has 0 saturated heterocycles. The number of aromatic nitrogens is 1. The van der Waals surface area contributed by atoms with Crippen LogP contribution in [0.1, 0.15) is 29.0 Å². The summed E-state index contributed by atoms with van der Waals surface area (Å²) in [5.74, 6) is 0.891. The fourth-order valence-corrected chi connectivity index (χ4v) is 3.24. The molecule has 1 aromatic heterocycles. The molecule has 1 aliphatic rings. The molecule has 0 aliphatic carbocycles. The highest BCUT2D eigenvalue weighted by atomic mass is 32.2. The van der Waals surface area contributed by atoms with Gasteiger partial charge in [-0.15, -0.1) is 0 Å². The minimum Gasteiger partial charge on any atom is -0.442 e. The summed E-state index contributed by atoms with van der Waals surface area (Å²) in [4.78, 5) is 18.3. The molecule has 26 heavy (non-hydrogen) atoms. The normalized spacial score (nSPS) is 15.5. The van der Waals surface area contributed by atoms with Crippen LogP contribution in [0.3, 0.4) is 0 Å². The van der Waals surface area contributed by atoms with E-state index < -0.39 is 16.1 Å². The summed E-state index contributed by atoms with van der Waals surface area (Å²) in [5, 5.41) is 0. The summed E-state index contributed by atoms with van der Waals surface area (Å²) in [6.07, 6.45) is 1.13. The second-order valence-corrected chi connectivity index (χ2v) is 7.94. The quantitative estimate of drug-likeness (QED) is 0.798. The SMILES string of the molecule is COC(c1ccccc1)c1nc2c(o1)CCN(C(=O)CNS(C)(=O)=O)C2. The largest absolute Gasteiger partial charge is 0.442 e. The van der Waals surface area contributed by atoms with Crippen molar-refractivity contribution in [1.82, 2.24) is 14.6 Å². The lowest BCUT2D eigenvalue weighted by molar-refractivity contribution is -0.130. The molecule has 1 aliphatic heterocycles. The van der Waals surface area contributed by atoms with Gasteiger partial charge in [-0.3, -0.25) is 4.79 Å². The van der Waals surface area contributed by atoms with E-state index in [-0.39, 0.29) is 19.0 Å². The summed E-state index contributed by atoms with van der Waals surface area (Å²) < 4.78 is 35.9. The summed E-state index contributed by atoms with van der Waals surface area (Å²) >= 11 is 0. The van der Waals surface area contributed by atoms with E-state index >= 15 is 0 Å². The second-order valence-electron chi connectivity index (χ2n) is 6.11. The molecular weight excluding hydrogens is 358 g/mol. The molecule has 0 bridgehead atoms. The number of fused-ring (bicyclic) bond motifs is 1. The van der Waals surface area contributed by atoms with Gasteiger partial charge in [0, 0.05) is 20.1 Å². The van der Waals surface area contributed by atoms with Crippen LogP contribution in [0.5, 0.6) is 0 Å². The molecule has 2 heterocycles. The maximum absolute atomic E-state index is 12.2. The Morgan fingerprint density at radius 3 is 2.77 bits per heavy atom. The molecule has 1 aromatic carbocycles. The standard InChI is InChI=1S/C17H21N3O5S/c1-24-16(12-6-4-3-5-7-12)17-19-13-11-20(9-8-14(13)25-17)15(21)10-18-26(2,22)23/h3-7,16,18H,8-11H2,1-2H3. The lowest BCUT2D eigenvalue weighted by Crippen LogP contribution is -2.42. The number of nitrogens with one attached hydrogen (secondary N) is 1. The lowest BCUT2D eigenvalue weighted by atomic mass is 10.1. The first-order valence-electron chi connectivity index (χ1n) is 8.16. The maximum atomic E-state index is 12.2. The van der Waals surface area contributed by atoms with Gasteiger partial charge in [-0.05, 0) is 5.56 Å². The van der Waals surface area contributed by atoms with Crippen LogP contribution in [-0.4, -0.2) is 50.7 Å². The van der Waals surface area contributed by atoms with Crippen molar-refractivity contribution in [3.63, 3.8) is 0 Å². The van der Waals surface area contributed by atoms with E-state index in [1.54, 1.807) is 12.0 Å². The average molecular weight is 379 g/mol. The van der Waals surface area contributed by atoms with Crippen molar-refractivity contribution in [3.05, 3.63) is 53.2 Å². The zero-order valence-electron chi connectivity index (χ0n) is 14.6. The lowest BCUT2D eigenvalue weighted by Gasteiger charge is -2.25. The molecule has 2 aromatic rings. The number of rotatable bonds is 6. The zero-order chi connectivity index (χ0) is 18.7. The summed E-state index contributed by atoms with van der Waals surface area (Å²) in [6, 6.07) is 9.62. The third-order valence-corrected chi connectivity index (χ3v) is 4.81. The van der Waals surface area contributed by atoms with Crippen LogP contribution < -0.4 is 4.72 Å². The average Bonchev–Trinajstić information content (AvgIpc) is 3.03. The monoisotopic (exact) mass is 379 g/mol. The Balaban J connectivity index is 1.73. The Hall–Kier alpha value is -2.23. The van der Waals surface area contributed by atoms with Gasteiger partial charge in [-0.25, -0.2) is 18.1 Å². The van der Waals surface area contributed by atoms with Crippen molar-refractivity contribution >= 4 is 15.9 Å². The minimum absolute atomic E-state index is 0.260. The predicted molar refractivity (Wildman–Crippen MR) is 93.8 cm³/mol. The number of ether oxygens (including phenoxy) is 1. The van der Waals surface area contributed by atoms with E-state index in [0.29, 0.717) is 24.6 Å². The van der Waals surface area contributed by atoms with Gasteiger partial charge < -0.3 is 14.1 Å². The van der Waals surface area contributed by atoms with E-state index in [1.807, 2.05) is 30.3 Å². The summed E-state index contributed by atoms with van der Waals surface area (Å²) in [5.41, 5.74) is 1.61. The maximum Gasteiger partial charge on any atom is 0.237 e. The van der Waals surface area contributed by atoms with Crippen LogP contribution in [0.2, 0.25) is 0 Å². The summed E-state index contributed by atoms with van der Waals surface area (Å²) in [6.45, 7) is 0.479. The van der Waals surface area contributed by atoms with Crippen molar-refractivity contribution in [2.24, 2.45) is 0 Å². The third kappa shape index (κ3) is 4.29. The van der Waals surface area contributed by atoms with Crippen LogP contribution >= 0.6 is 0 Å². The van der Waals surface area contributed by atoms with E-state index in [2.05, 4.69) is 9.71 Å². The van der Waals surface area contributed by atoms with Crippen LogP contribution in [-0.2, 0) is 32.5 Å². The highest BCUT2D eigenvalue weighted by Crippen LogP contribution is 2.28. The van der Waals surface area contributed by atoms with Crippen molar-refractivity contribution in [1.29, 1.82) is 0 Å². The molecule has 1 atom stereocenters.